The second-order valence-corrected chi connectivity index (χ2v) is 4.07. The smallest absolute Gasteiger partial charge is 0.251 e. The molecule has 0 bridgehead atoms. The lowest BCUT2D eigenvalue weighted by Crippen LogP contribution is -2.23. The third-order valence-electron chi connectivity index (χ3n) is 2.62. The minimum absolute atomic E-state index is 0.115. The van der Waals surface area contributed by atoms with Crippen LogP contribution < -0.4 is 11.1 Å². The van der Waals surface area contributed by atoms with Crippen LogP contribution >= 0.6 is 0 Å². The number of benzene rings is 1. The maximum atomic E-state index is 11.9. The van der Waals surface area contributed by atoms with Crippen LogP contribution in [0.25, 0.3) is 0 Å². The normalized spacial score (nSPS) is 10.3. The first-order chi connectivity index (χ1) is 8.69. The van der Waals surface area contributed by atoms with Crippen molar-refractivity contribution in [3.63, 3.8) is 0 Å². The van der Waals surface area contributed by atoms with Crippen molar-refractivity contribution >= 4 is 5.91 Å². The molecule has 94 valence electrons. The van der Waals surface area contributed by atoms with Gasteiger partial charge in [0, 0.05) is 25.4 Å². The number of nitrogens with one attached hydrogen (secondary N) is 1. The monoisotopic (exact) mass is 244 g/mol. The third-order valence-corrected chi connectivity index (χ3v) is 2.62. The van der Waals surface area contributed by atoms with Crippen molar-refractivity contribution in [2.75, 3.05) is 0 Å². The quantitative estimate of drug-likeness (QED) is 0.836. The SMILES string of the molecule is Cn1ccc(CNC(=O)c2cccc(CN)c2)n1. The van der Waals surface area contributed by atoms with Crippen LogP contribution in [0.3, 0.4) is 0 Å². The van der Waals surface area contributed by atoms with E-state index >= 15 is 0 Å². The fourth-order valence-electron chi connectivity index (χ4n) is 1.67. The summed E-state index contributed by atoms with van der Waals surface area (Å²) in [5.74, 6) is -0.115. The molecule has 5 nitrogen and oxygen atoms in total. The van der Waals surface area contributed by atoms with Gasteiger partial charge in [0.05, 0.1) is 12.2 Å². The molecule has 0 fully saturated rings. The predicted octanol–water partition coefficient (Wildman–Crippen LogP) is 0.809. The van der Waals surface area contributed by atoms with Crippen molar-refractivity contribution in [1.82, 2.24) is 15.1 Å². The fraction of sp³-hybridized carbons (Fsp3) is 0.231. The van der Waals surface area contributed by atoms with Gasteiger partial charge in [0.2, 0.25) is 0 Å². The summed E-state index contributed by atoms with van der Waals surface area (Å²) >= 11 is 0. The summed E-state index contributed by atoms with van der Waals surface area (Å²) in [6.45, 7) is 0.855. The number of aryl methyl sites for hydroxylation is 1. The van der Waals surface area contributed by atoms with Gasteiger partial charge in [0.1, 0.15) is 0 Å². The molecule has 18 heavy (non-hydrogen) atoms. The summed E-state index contributed by atoms with van der Waals surface area (Å²) in [5, 5.41) is 7.02. The lowest BCUT2D eigenvalue weighted by molar-refractivity contribution is 0.0950. The zero-order valence-electron chi connectivity index (χ0n) is 10.3. The topological polar surface area (TPSA) is 72.9 Å². The highest BCUT2D eigenvalue weighted by molar-refractivity contribution is 5.94. The van der Waals surface area contributed by atoms with E-state index in [-0.39, 0.29) is 5.91 Å². The summed E-state index contributed by atoms with van der Waals surface area (Å²) in [6.07, 6.45) is 1.84. The van der Waals surface area contributed by atoms with Crippen molar-refractivity contribution in [3.05, 3.63) is 53.3 Å². The van der Waals surface area contributed by atoms with Gasteiger partial charge in [-0.2, -0.15) is 5.10 Å². The van der Waals surface area contributed by atoms with E-state index < -0.39 is 0 Å². The van der Waals surface area contributed by atoms with Gasteiger partial charge in [-0.15, -0.1) is 0 Å². The molecule has 0 aliphatic rings. The summed E-state index contributed by atoms with van der Waals surface area (Å²) in [6, 6.07) is 9.17. The molecule has 2 aromatic rings. The molecular weight excluding hydrogens is 228 g/mol. The van der Waals surface area contributed by atoms with Crippen molar-refractivity contribution in [3.8, 4) is 0 Å². The van der Waals surface area contributed by atoms with Crippen LogP contribution in [-0.2, 0) is 20.1 Å². The zero-order chi connectivity index (χ0) is 13.0. The van der Waals surface area contributed by atoms with Crippen molar-refractivity contribution in [2.45, 2.75) is 13.1 Å². The fourth-order valence-corrected chi connectivity index (χ4v) is 1.67. The molecule has 0 radical (unpaired) electrons. The van der Waals surface area contributed by atoms with Crippen molar-refractivity contribution in [1.29, 1.82) is 0 Å². The molecule has 1 amide bonds. The molecule has 0 aliphatic carbocycles. The molecule has 3 N–H and O–H groups in total. The largest absolute Gasteiger partial charge is 0.346 e. The van der Waals surface area contributed by atoms with Gasteiger partial charge in [0.15, 0.2) is 0 Å². The number of nitrogens with two attached hydrogens (primary N) is 1. The number of hydrogen-bond acceptors (Lipinski definition) is 3. The van der Waals surface area contributed by atoms with Crippen LogP contribution in [0, 0.1) is 0 Å². The maximum Gasteiger partial charge on any atom is 0.251 e. The molecule has 0 aliphatic heterocycles. The van der Waals surface area contributed by atoms with E-state index in [4.69, 9.17) is 5.73 Å². The Bertz CT molecular complexity index is 547. The molecule has 2 rings (SSSR count). The van der Waals surface area contributed by atoms with Gasteiger partial charge in [0.25, 0.3) is 5.91 Å². The lowest BCUT2D eigenvalue weighted by Gasteiger charge is -2.04. The Balaban J connectivity index is 1.99. The second kappa shape index (κ2) is 5.46. The minimum atomic E-state index is -0.115. The molecule has 0 unspecified atom stereocenters. The molecule has 1 aromatic carbocycles. The molecule has 0 spiro atoms. The Morgan fingerprint density at radius 3 is 2.94 bits per heavy atom. The lowest BCUT2D eigenvalue weighted by atomic mass is 10.1. The number of hydrogen-bond donors (Lipinski definition) is 2. The molecule has 0 atom stereocenters. The third kappa shape index (κ3) is 2.95. The molecule has 5 heteroatoms. The summed E-state index contributed by atoms with van der Waals surface area (Å²) in [4.78, 5) is 11.9. The Labute approximate surface area is 106 Å². The van der Waals surface area contributed by atoms with Gasteiger partial charge in [-0.25, -0.2) is 0 Å². The summed E-state index contributed by atoms with van der Waals surface area (Å²) in [7, 11) is 1.84. The Kier molecular flexibility index (Phi) is 3.74. The van der Waals surface area contributed by atoms with Gasteiger partial charge in [-0.3, -0.25) is 9.48 Å². The standard InChI is InChI=1S/C13H16N4O/c1-17-6-5-12(16-17)9-15-13(18)11-4-2-3-10(7-11)8-14/h2-7H,8-9,14H2,1H3,(H,15,18). The van der Waals surface area contributed by atoms with Crippen LogP contribution in [0.1, 0.15) is 21.6 Å². The predicted molar refractivity (Wildman–Crippen MR) is 68.7 cm³/mol. The van der Waals surface area contributed by atoms with E-state index in [1.165, 1.54) is 0 Å². The molecular formula is C13H16N4O. The van der Waals surface area contributed by atoms with Crippen LogP contribution in [0.15, 0.2) is 36.5 Å². The zero-order valence-corrected chi connectivity index (χ0v) is 10.3. The van der Waals surface area contributed by atoms with Gasteiger partial charge < -0.3 is 11.1 Å². The Morgan fingerprint density at radius 1 is 1.44 bits per heavy atom. The van der Waals surface area contributed by atoms with E-state index in [1.54, 1.807) is 16.8 Å². The maximum absolute atomic E-state index is 11.9. The first-order valence-corrected chi connectivity index (χ1v) is 5.75. The van der Waals surface area contributed by atoms with Crippen molar-refractivity contribution in [2.24, 2.45) is 12.8 Å². The Hall–Kier alpha value is -2.14. The van der Waals surface area contributed by atoms with Gasteiger partial charge >= 0.3 is 0 Å². The number of amides is 1. The molecule has 0 saturated heterocycles. The number of carbonyl (C=O) groups is 1. The average Bonchev–Trinajstić information content (AvgIpc) is 2.82. The number of aromatic nitrogens is 2. The van der Waals surface area contributed by atoms with E-state index in [9.17, 15) is 4.79 Å². The highest BCUT2D eigenvalue weighted by Gasteiger charge is 2.06. The minimum Gasteiger partial charge on any atom is -0.346 e. The van der Waals surface area contributed by atoms with E-state index in [1.807, 2.05) is 31.4 Å². The first-order valence-electron chi connectivity index (χ1n) is 5.75. The summed E-state index contributed by atoms with van der Waals surface area (Å²) in [5.41, 5.74) is 7.94. The number of rotatable bonds is 4. The van der Waals surface area contributed by atoms with E-state index in [0.717, 1.165) is 11.3 Å². The van der Waals surface area contributed by atoms with Crippen LogP contribution in [0.4, 0.5) is 0 Å². The molecule has 1 aromatic heterocycles. The number of carbonyl (C=O) groups excluding carboxylic acids is 1. The van der Waals surface area contributed by atoms with E-state index in [2.05, 4.69) is 10.4 Å². The van der Waals surface area contributed by atoms with Gasteiger partial charge in [-0.05, 0) is 23.8 Å². The Morgan fingerprint density at radius 2 is 2.28 bits per heavy atom. The van der Waals surface area contributed by atoms with Gasteiger partial charge in [-0.1, -0.05) is 12.1 Å². The van der Waals surface area contributed by atoms with Crippen LogP contribution in [0.5, 0.6) is 0 Å². The van der Waals surface area contributed by atoms with Crippen LogP contribution in [-0.4, -0.2) is 15.7 Å². The first kappa shape index (κ1) is 12.3. The average molecular weight is 244 g/mol. The van der Waals surface area contributed by atoms with E-state index in [0.29, 0.717) is 18.7 Å². The molecule has 0 saturated carbocycles. The second-order valence-electron chi connectivity index (χ2n) is 4.07. The highest BCUT2D eigenvalue weighted by atomic mass is 16.1. The highest BCUT2D eigenvalue weighted by Crippen LogP contribution is 2.05. The van der Waals surface area contributed by atoms with Crippen molar-refractivity contribution < 1.29 is 4.79 Å². The number of nitrogens with zero attached hydrogens (tertiary/aromatic N) is 2. The van der Waals surface area contributed by atoms with Crippen LogP contribution in [0.2, 0.25) is 0 Å². The molecule has 1 heterocycles. The summed E-state index contributed by atoms with van der Waals surface area (Å²) < 4.78 is 1.70.